The molecule has 2 rings (SSSR count). The number of hydrogen-bond donors (Lipinski definition) is 2. The molecule has 2 N–H and O–H groups in total. The molecule has 0 aliphatic heterocycles. The molecule has 0 radical (unpaired) electrons. The SMILES string of the molecule is CCNC(=NCc1ccc(COC)cc1)NCc1ccc(C)cc1OC.I. The van der Waals surface area contributed by atoms with Gasteiger partial charge in [-0.15, -0.1) is 24.0 Å². The first-order chi connectivity index (χ1) is 12.7. The Kier molecular flexibility index (Phi) is 10.8. The van der Waals surface area contributed by atoms with E-state index in [1.807, 2.05) is 6.07 Å². The molecule has 0 amide bonds. The van der Waals surface area contributed by atoms with Gasteiger partial charge in [0.25, 0.3) is 0 Å². The van der Waals surface area contributed by atoms with Crippen LogP contribution in [0.1, 0.15) is 29.2 Å². The molecule has 0 saturated carbocycles. The molecule has 0 aliphatic carbocycles. The minimum absolute atomic E-state index is 0. The predicted molar refractivity (Wildman–Crippen MR) is 122 cm³/mol. The average molecular weight is 483 g/mol. The van der Waals surface area contributed by atoms with Gasteiger partial charge in [-0.1, -0.05) is 36.4 Å². The lowest BCUT2D eigenvalue weighted by atomic mass is 10.1. The summed E-state index contributed by atoms with van der Waals surface area (Å²) in [5.74, 6) is 1.68. The Hall–Kier alpha value is -1.80. The fraction of sp³-hybridized carbons (Fsp3) is 0.381. The zero-order valence-corrected chi connectivity index (χ0v) is 18.9. The number of nitrogens with one attached hydrogen (secondary N) is 2. The minimum Gasteiger partial charge on any atom is -0.496 e. The fourth-order valence-electron chi connectivity index (χ4n) is 2.60. The first-order valence-electron chi connectivity index (χ1n) is 8.88. The van der Waals surface area contributed by atoms with Crippen molar-refractivity contribution in [3.05, 3.63) is 64.7 Å². The first-order valence-corrected chi connectivity index (χ1v) is 8.88. The van der Waals surface area contributed by atoms with E-state index in [4.69, 9.17) is 9.47 Å². The van der Waals surface area contributed by atoms with Gasteiger partial charge in [-0.05, 0) is 36.6 Å². The Morgan fingerprint density at radius 2 is 1.70 bits per heavy atom. The summed E-state index contributed by atoms with van der Waals surface area (Å²) in [7, 11) is 3.40. The van der Waals surface area contributed by atoms with E-state index < -0.39 is 0 Å². The number of aliphatic imine (C=N–C) groups is 1. The number of guanidine groups is 1. The van der Waals surface area contributed by atoms with Crippen LogP contribution in [0.5, 0.6) is 5.75 Å². The summed E-state index contributed by atoms with van der Waals surface area (Å²) in [5.41, 5.74) is 4.61. The normalized spacial score (nSPS) is 10.9. The Bertz CT molecular complexity index is 718. The number of methoxy groups -OCH3 is 2. The zero-order chi connectivity index (χ0) is 18.8. The Morgan fingerprint density at radius 3 is 2.33 bits per heavy atom. The van der Waals surface area contributed by atoms with Gasteiger partial charge < -0.3 is 20.1 Å². The lowest BCUT2D eigenvalue weighted by molar-refractivity contribution is 0.185. The van der Waals surface area contributed by atoms with Crippen LogP contribution in [0.3, 0.4) is 0 Å². The Morgan fingerprint density at radius 1 is 1.00 bits per heavy atom. The highest BCUT2D eigenvalue weighted by molar-refractivity contribution is 14.0. The summed E-state index contributed by atoms with van der Waals surface area (Å²) in [6.45, 7) is 6.83. The molecule has 0 fully saturated rings. The molecule has 0 saturated heterocycles. The zero-order valence-electron chi connectivity index (χ0n) is 16.5. The molecule has 0 heterocycles. The van der Waals surface area contributed by atoms with Crippen molar-refractivity contribution in [2.75, 3.05) is 20.8 Å². The largest absolute Gasteiger partial charge is 0.496 e. The molecule has 6 heteroatoms. The van der Waals surface area contributed by atoms with E-state index in [0.29, 0.717) is 19.7 Å². The van der Waals surface area contributed by atoms with Crippen LogP contribution >= 0.6 is 24.0 Å². The van der Waals surface area contributed by atoms with E-state index in [9.17, 15) is 0 Å². The second-order valence-corrected chi connectivity index (χ2v) is 6.11. The van der Waals surface area contributed by atoms with Crippen LogP contribution in [0.25, 0.3) is 0 Å². The third-order valence-corrected chi connectivity index (χ3v) is 3.99. The number of aryl methyl sites for hydroxylation is 1. The monoisotopic (exact) mass is 483 g/mol. The van der Waals surface area contributed by atoms with Gasteiger partial charge in [0.1, 0.15) is 5.75 Å². The van der Waals surface area contributed by atoms with Crippen molar-refractivity contribution in [2.24, 2.45) is 4.99 Å². The highest BCUT2D eigenvalue weighted by Crippen LogP contribution is 2.19. The summed E-state index contributed by atoms with van der Waals surface area (Å²) in [5, 5.41) is 6.65. The van der Waals surface area contributed by atoms with Crippen molar-refractivity contribution in [3.63, 3.8) is 0 Å². The van der Waals surface area contributed by atoms with Crippen LogP contribution in [-0.2, 0) is 24.4 Å². The van der Waals surface area contributed by atoms with Crippen LogP contribution in [0.2, 0.25) is 0 Å². The van der Waals surface area contributed by atoms with Gasteiger partial charge in [-0.2, -0.15) is 0 Å². The summed E-state index contributed by atoms with van der Waals surface area (Å²) in [4.78, 5) is 4.67. The van der Waals surface area contributed by atoms with E-state index in [1.165, 1.54) is 5.56 Å². The maximum atomic E-state index is 5.47. The van der Waals surface area contributed by atoms with E-state index in [2.05, 4.69) is 65.9 Å². The lowest BCUT2D eigenvalue weighted by Gasteiger charge is -2.14. The maximum Gasteiger partial charge on any atom is 0.191 e. The van der Waals surface area contributed by atoms with Crippen molar-refractivity contribution < 1.29 is 9.47 Å². The molecule has 0 spiro atoms. The van der Waals surface area contributed by atoms with Crippen molar-refractivity contribution in [1.82, 2.24) is 10.6 Å². The van der Waals surface area contributed by atoms with Crippen LogP contribution in [0.15, 0.2) is 47.5 Å². The molecule has 2 aromatic carbocycles. The number of nitrogens with zero attached hydrogens (tertiary/aromatic N) is 1. The van der Waals surface area contributed by atoms with Gasteiger partial charge in [-0.25, -0.2) is 4.99 Å². The van der Waals surface area contributed by atoms with Crippen LogP contribution in [0, 0.1) is 6.92 Å². The predicted octanol–water partition coefficient (Wildman–Crippen LogP) is 4.02. The summed E-state index contributed by atoms with van der Waals surface area (Å²) >= 11 is 0. The molecule has 148 valence electrons. The lowest BCUT2D eigenvalue weighted by Crippen LogP contribution is -2.36. The van der Waals surface area contributed by atoms with Gasteiger partial charge in [0, 0.05) is 25.8 Å². The third kappa shape index (κ3) is 7.76. The van der Waals surface area contributed by atoms with Gasteiger partial charge in [0.05, 0.1) is 20.3 Å². The Labute approximate surface area is 179 Å². The van der Waals surface area contributed by atoms with Crippen LogP contribution in [0.4, 0.5) is 0 Å². The summed E-state index contributed by atoms with van der Waals surface area (Å²) < 4.78 is 10.6. The number of ether oxygens (including phenoxy) is 2. The fourth-order valence-corrected chi connectivity index (χ4v) is 2.60. The average Bonchev–Trinajstić information content (AvgIpc) is 2.66. The van der Waals surface area contributed by atoms with Crippen LogP contribution < -0.4 is 15.4 Å². The second-order valence-electron chi connectivity index (χ2n) is 6.11. The van der Waals surface area contributed by atoms with E-state index >= 15 is 0 Å². The quantitative estimate of drug-likeness (QED) is 0.339. The van der Waals surface area contributed by atoms with Crippen molar-refractivity contribution in [1.29, 1.82) is 0 Å². The molecular formula is C21H30IN3O2. The molecule has 0 aromatic heterocycles. The Balaban J connectivity index is 0.00000364. The topological polar surface area (TPSA) is 54.9 Å². The molecule has 2 aromatic rings. The van der Waals surface area contributed by atoms with Crippen molar-refractivity contribution in [2.45, 2.75) is 33.5 Å². The first kappa shape index (κ1) is 23.2. The molecule has 5 nitrogen and oxygen atoms in total. The van der Waals surface area contributed by atoms with E-state index in [1.54, 1.807) is 14.2 Å². The highest BCUT2D eigenvalue weighted by Gasteiger charge is 2.05. The summed E-state index contributed by atoms with van der Waals surface area (Å²) in [6, 6.07) is 14.5. The number of rotatable bonds is 8. The van der Waals surface area contributed by atoms with Gasteiger partial charge in [-0.3, -0.25) is 0 Å². The van der Waals surface area contributed by atoms with Gasteiger partial charge in [0.15, 0.2) is 5.96 Å². The molecule has 0 unspecified atom stereocenters. The molecule has 0 atom stereocenters. The highest BCUT2D eigenvalue weighted by atomic mass is 127. The maximum absolute atomic E-state index is 5.47. The number of halogens is 1. The molecule has 0 bridgehead atoms. The van der Waals surface area contributed by atoms with Gasteiger partial charge >= 0.3 is 0 Å². The van der Waals surface area contributed by atoms with E-state index in [-0.39, 0.29) is 24.0 Å². The molecular weight excluding hydrogens is 453 g/mol. The molecule has 27 heavy (non-hydrogen) atoms. The smallest absolute Gasteiger partial charge is 0.191 e. The van der Waals surface area contributed by atoms with Gasteiger partial charge in [0.2, 0.25) is 0 Å². The molecule has 0 aliphatic rings. The number of benzene rings is 2. The van der Waals surface area contributed by atoms with E-state index in [0.717, 1.165) is 34.9 Å². The van der Waals surface area contributed by atoms with Crippen molar-refractivity contribution >= 4 is 29.9 Å². The number of hydrogen-bond acceptors (Lipinski definition) is 3. The minimum atomic E-state index is 0. The summed E-state index contributed by atoms with van der Waals surface area (Å²) in [6.07, 6.45) is 0. The second kappa shape index (κ2) is 12.6. The third-order valence-electron chi connectivity index (χ3n) is 3.99. The van der Waals surface area contributed by atoms with Crippen LogP contribution in [-0.4, -0.2) is 26.7 Å². The van der Waals surface area contributed by atoms with Crippen molar-refractivity contribution in [3.8, 4) is 5.75 Å². The standard InChI is InChI=1S/C21H29N3O2.HI/c1-5-22-21(23-13-17-7-9-18(10-8-17)15-25-3)24-14-19-11-6-16(2)12-20(19)26-4;/h6-12H,5,13-15H2,1-4H3,(H2,22,23,24);1H.